The van der Waals surface area contributed by atoms with Gasteiger partial charge in [0.15, 0.2) is 0 Å². The van der Waals surface area contributed by atoms with Gasteiger partial charge in [-0.15, -0.1) is 0 Å². The first-order valence-electron chi connectivity index (χ1n) is 7.91. The zero-order valence-corrected chi connectivity index (χ0v) is 14.0. The van der Waals surface area contributed by atoms with Crippen molar-refractivity contribution < 1.29 is 4.79 Å². The average molecular weight is 329 g/mol. The molecule has 23 heavy (non-hydrogen) atoms. The van der Waals surface area contributed by atoms with Gasteiger partial charge in [-0.3, -0.25) is 9.69 Å². The average Bonchev–Trinajstić information content (AvgIpc) is 2.58. The molecule has 0 aromatic heterocycles. The van der Waals surface area contributed by atoms with Gasteiger partial charge in [0.05, 0.1) is 12.5 Å². The van der Waals surface area contributed by atoms with Crippen molar-refractivity contribution in [2.45, 2.75) is 12.5 Å². The largest absolute Gasteiger partial charge is 0.339 e. The molecule has 3 nitrogen and oxygen atoms in total. The van der Waals surface area contributed by atoms with Gasteiger partial charge >= 0.3 is 0 Å². The van der Waals surface area contributed by atoms with Crippen LogP contribution in [-0.2, 0) is 11.2 Å². The Labute approximate surface area is 142 Å². The Bertz CT molecular complexity index is 657. The van der Waals surface area contributed by atoms with Gasteiger partial charge in [0, 0.05) is 24.7 Å². The number of nitrogens with zero attached hydrogens (tertiary/aromatic N) is 2. The van der Waals surface area contributed by atoms with Crippen molar-refractivity contribution in [3.8, 4) is 0 Å². The van der Waals surface area contributed by atoms with E-state index >= 15 is 0 Å². The molecule has 0 aliphatic carbocycles. The molecule has 1 saturated heterocycles. The number of benzene rings is 2. The van der Waals surface area contributed by atoms with Gasteiger partial charge in [-0.1, -0.05) is 54.1 Å². The third-order valence-corrected chi connectivity index (χ3v) is 4.71. The molecule has 0 N–H and O–H groups in total. The fraction of sp³-hybridized carbons (Fsp3) is 0.316. The Balaban J connectivity index is 1.68. The Kier molecular flexibility index (Phi) is 4.99. The van der Waals surface area contributed by atoms with E-state index in [9.17, 15) is 4.79 Å². The molecule has 2 aromatic carbocycles. The van der Waals surface area contributed by atoms with E-state index in [-0.39, 0.29) is 11.9 Å². The van der Waals surface area contributed by atoms with Gasteiger partial charge in [-0.25, -0.2) is 0 Å². The number of rotatable bonds is 3. The molecule has 1 fully saturated rings. The molecule has 0 bridgehead atoms. The summed E-state index contributed by atoms with van der Waals surface area (Å²) in [7, 11) is 2.12. The SMILES string of the molecule is CN1CCN(C(=O)Cc2ccc(Cl)cc2)CC1c1ccccc1. The molecule has 4 heteroatoms. The van der Waals surface area contributed by atoms with E-state index in [0.717, 1.165) is 25.2 Å². The second-order valence-electron chi connectivity index (χ2n) is 6.05. The van der Waals surface area contributed by atoms with Crippen molar-refractivity contribution in [1.29, 1.82) is 0 Å². The predicted octanol–water partition coefficient (Wildman–Crippen LogP) is 3.40. The van der Waals surface area contributed by atoms with Crippen LogP contribution in [0.2, 0.25) is 5.02 Å². The highest BCUT2D eigenvalue weighted by Crippen LogP contribution is 2.24. The summed E-state index contributed by atoms with van der Waals surface area (Å²) in [5.41, 5.74) is 2.27. The molecule has 3 rings (SSSR count). The molecule has 1 atom stereocenters. The minimum absolute atomic E-state index is 0.182. The van der Waals surface area contributed by atoms with Crippen molar-refractivity contribution in [2.24, 2.45) is 0 Å². The minimum atomic E-state index is 0.182. The number of likely N-dealkylation sites (N-methyl/N-ethyl adjacent to an activating group) is 1. The van der Waals surface area contributed by atoms with Crippen LogP contribution in [0.3, 0.4) is 0 Å². The lowest BCUT2D eigenvalue weighted by molar-refractivity contribution is -0.133. The smallest absolute Gasteiger partial charge is 0.227 e. The highest BCUT2D eigenvalue weighted by molar-refractivity contribution is 6.30. The highest BCUT2D eigenvalue weighted by atomic mass is 35.5. The van der Waals surface area contributed by atoms with Crippen LogP contribution in [-0.4, -0.2) is 42.4 Å². The lowest BCUT2D eigenvalue weighted by atomic mass is 10.0. The number of hydrogen-bond donors (Lipinski definition) is 0. The normalized spacial score (nSPS) is 18.9. The maximum absolute atomic E-state index is 12.6. The van der Waals surface area contributed by atoms with Crippen LogP contribution in [0.15, 0.2) is 54.6 Å². The van der Waals surface area contributed by atoms with Crippen LogP contribution in [0.1, 0.15) is 17.2 Å². The molecule has 2 aromatic rings. The molecule has 120 valence electrons. The Morgan fingerprint density at radius 2 is 1.78 bits per heavy atom. The summed E-state index contributed by atoms with van der Waals surface area (Å²) in [6.45, 7) is 2.42. The van der Waals surface area contributed by atoms with Crippen LogP contribution < -0.4 is 0 Å². The second-order valence-corrected chi connectivity index (χ2v) is 6.49. The number of piperazine rings is 1. The minimum Gasteiger partial charge on any atom is -0.339 e. The van der Waals surface area contributed by atoms with Gasteiger partial charge < -0.3 is 4.90 Å². The molecule has 1 unspecified atom stereocenters. The van der Waals surface area contributed by atoms with Crippen molar-refractivity contribution in [2.75, 3.05) is 26.7 Å². The van der Waals surface area contributed by atoms with Gasteiger partial charge in [-0.2, -0.15) is 0 Å². The third kappa shape index (κ3) is 3.92. The van der Waals surface area contributed by atoms with E-state index in [1.165, 1.54) is 5.56 Å². The summed E-state index contributed by atoms with van der Waals surface area (Å²) in [6.07, 6.45) is 0.433. The van der Waals surface area contributed by atoms with Crippen molar-refractivity contribution in [1.82, 2.24) is 9.80 Å². The maximum atomic E-state index is 12.6. The van der Waals surface area contributed by atoms with E-state index in [1.807, 2.05) is 35.2 Å². The summed E-state index contributed by atoms with van der Waals surface area (Å²) < 4.78 is 0. The van der Waals surface area contributed by atoms with Crippen LogP contribution in [0.25, 0.3) is 0 Å². The molecule has 0 radical (unpaired) electrons. The van der Waals surface area contributed by atoms with Gasteiger partial charge in [0.2, 0.25) is 5.91 Å². The number of hydrogen-bond acceptors (Lipinski definition) is 2. The van der Waals surface area contributed by atoms with Crippen LogP contribution >= 0.6 is 11.6 Å². The van der Waals surface area contributed by atoms with E-state index in [1.54, 1.807) is 0 Å². The van der Waals surface area contributed by atoms with Crippen molar-refractivity contribution in [3.63, 3.8) is 0 Å². The van der Waals surface area contributed by atoms with Crippen molar-refractivity contribution in [3.05, 3.63) is 70.7 Å². The second kappa shape index (κ2) is 7.16. The standard InChI is InChI=1S/C19H21ClN2O/c1-21-11-12-22(14-18(21)16-5-3-2-4-6-16)19(23)13-15-7-9-17(20)10-8-15/h2-10,18H,11-14H2,1H3. The summed E-state index contributed by atoms with van der Waals surface area (Å²) in [5.74, 6) is 0.182. The molecule has 1 aliphatic rings. The number of halogens is 1. The summed E-state index contributed by atoms with van der Waals surface area (Å²) in [4.78, 5) is 16.9. The Morgan fingerprint density at radius 1 is 1.09 bits per heavy atom. The molecular weight excluding hydrogens is 308 g/mol. The zero-order chi connectivity index (χ0) is 16.2. The van der Waals surface area contributed by atoms with Crippen LogP contribution in [0.4, 0.5) is 0 Å². The zero-order valence-electron chi connectivity index (χ0n) is 13.3. The van der Waals surface area contributed by atoms with Crippen LogP contribution in [0.5, 0.6) is 0 Å². The van der Waals surface area contributed by atoms with Gasteiger partial charge in [0.1, 0.15) is 0 Å². The van der Waals surface area contributed by atoms with Gasteiger partial charge in [0.25, 0.3) is 0 Å². The van der Waals surface area contributed by atoms with E-state index in [2.05, 4.69) is 36.2 Å². The number of amides is 1. The quantitative estimate of drug-likeness (QED) is 0.862. The molecular formula is C19H21ClN2O. The number of carbonyl (C=O) groups is 1. The molecule has 0 saturated carbocycles. The van der Waals surface area contributed by atoms with E-state index < -0.39 is 0 Å². The predicted molar refractivity (Wildman–Crippen MR) is 93.5 cm³/mol. The fourth-order valence-electron chi connectivity index (χ4n) is 3.02. The summed E-state index contributed by atoms with van der Waals surface area (Å²) >= 11 is 5.90. The van der Waals surface area contributed by atoms with Crippen LogP contribution in [0, 0.1) is 0 Å². The Hall–Kier alpha value is -1.84. The highest BCUT2D eigenvalue weighted by Gasteiger charge is 2.28. The monoisotopic (exact) mass is 328 g/mol. The van der Waals surface area contributed by atoms with Gasteiger partial charge in [-0.05, 0) is 30.3 Å². The molecule has 1 heterocycles. The summed E-state index contributed by atoms with van der Waals surface area (Å²) in [6, 6.07) is 18.2. The van der Waals surface area contributed by atoms with E-state index in [4.69, 9.17) is 11.6 Å². The molecule has 1 aliphatic heterocycles. The first-order chi connectivity index (χ1) is 11.1. The molecule has 1 amide bonds. The first-order valence-corrected chi connectivity index (χ1v) is 8.28. The lowest BCUT2D eigenvalue weighted by Crippen LogP contribution is -2.49. The number of carbonyl (C=O) groups excluding carboxylic acids is 1. The molecule has 0 spiro atoms. The summed E-state index contributed by atoms with van der Waals surface area (Å²) in [5, 5.41) is 0.699. The topological polar surface area (TPSA) is 23.6 Å². The lowest BCUT2D eigenvalue weighted by Gasteiger charge is -2.39. The maximum Gasteiger partial charge on any atom is 0.227 e. The van der Waals surface area contributed by atoms with E-state index in [0.29, 0.717) is 11.4 Å². The third-order valence-electron chi connectivity index (χ3n) is 4.45. The Morgan fingerprint density at radius 3 is 2.48 bits per heavy atom. The first kappa shape index (κ1) is 16.0. The van der Waals surface area contributed by atoms with Crippen molar-refractivity contribution >= 4 is 17.5 Å². The fourth-order valence-corrected chi connectivity index (χ4v) is 3.15.